The van der Waals surface area contributed by atoms with Crippen LogP contribution in [0.15, 0.2) is 0 Å². The smallest absolute Gasteiger partial charge is 0.0249 e. The van der Waals surface area contributed by atoms with Crippen molar-refractivity contribution in [2.75, 3.05) is 47.3 Å². The Kier molecular flexibility index (Phi) is 7.20. The van der Waals surface area contributed by atoms with Crippen LogP contribution < -0.4 is 5.32 Å². The molecule has 1 N–H and O–H groups in total. The molecule has 0 aliphatic carbocycles. The van der Waals surface area contributed by atoms with Gasteiger partial charge in [-0.1, -0.05) is 13.8 Å². The van der Waals surface area contributed by atoms with E-state index in [0.29, 0.717) is 0 Å². The fourth-order valence-electron chi connectivity index (χ4n) is 1.73. The van der Waals surface area contributed by atoms with E-state index in [2.05, 4.69) is 56.9 Å². The summed E-state index contributed by atoms with van der Waals surface area (Å²) < 4.78 is 0. The normalized spacial score (nSPS) is 13.1. The lowest BCUT2D eigenvalue weighted by Crippen LogP contribution is -2.49. The summed E-state index contributed by atoms with van der Waals surface area (Å²) in [6, 6.07) is 0. The number of rotatable bonds is 8. The summed E-state index contributed by atoms with van der Waals surface area (Å²) in [7, 11) is 6.31. The third-order valence-corrected chi connectivity index (χ3v) is 2.78. The van der Waals surface area contributed by atoms with E-state index < -0.39 is 0 Å². The Morgan fingerprint density at radius 3 is 2.06 bits per heavy atom. The SMILES string of the molecule is CNC(C)(C)CN(CCN(C)C)CC(C)C. The molecule has 98 valence electrons. The maximum absolute atomic E-state index is 3.38. The van der Waals surface area contributed by atoms with Crippen LogP contribution in [-0.4, -0.2) is 62.7 Å². The maximum Gasteiger partial charge on any atom is 0.0249 e. The molecule has 0 spiro atoms. The van der Waals surface area contributed by atoms with Crippen LogP contribution in [0.25, 0.3) is 0 Å². The van der Waals surface area contributed by atoms with Gasteiger partial charge in [-0.05, 0) is 40.9 Å². The Hall–Kier alpha value is -0.120. The second kappa shape index (κ2) is 7.25. The molecule has 3 nitrogen and oxygen atoms in total. The van der Waals surface area contributed by atoms with Crippen LogP contribution in [0.1, 0.15) is 27.7 Å². The molecule has 0 bridgehead atoms. The van der Waals surface area contributed by atoms with Crippen molar-refractivity contribution in [3.8, 4) is 0 Å². The molecule has 0 heterocycles. The fraction of sp³-hybridized carbons (Fsp3) is 1.00. The minimum absolute atomic E-state index is 0.196. The first-order valence-corrected chi connectivity index (χ1v) is 6.33. The van der Waals surface area contributed by atoms with Crippen molar-refractivity contribution >= 4 is 0 Å². The van der Waals surface area contributed by atoms with E-state index in [0.717, 1.165) is 25.6 Å². The molecule has 16 heavy (non-hydrogen) atoms. The van der Waals surface area contributed by atoms with Gasteiger partial charge in [0.05, 0.1) is 0 Å². The van der Waals surface area contributed by atoms with Gasteiger partial charge in [-0.2, -0.15) is 0 Å². The highest BCUT2D eigenvalue weighted by Crippen LogP contribution is 2.07. The van der Waals surface area contributed by atoms with Crippen molar-refractivity contribution in [1.29, 1.82) is 0 Å². The van der Waals surface area contributed by atoms with E-state index in [1.165, 1.54) is 6.54 Å². The molecule has 0 saturated carbocycles. The van der Waals surface area contributed by atoms with Crippen LogP contribution in [0.4, 0.5) is 0 Å². The second-order valence-electron chi connectivity index (χ2n) is 6.07. The molecule has 0 saturated heterocycles. The Bertz CT molecular complexity index is 176. The number of hydrogen-bond acceptors (Lipinski definition) is 3. The van der Waals surface area contributed by atoms with Gasteiger partial charge in [-0.15, -0.1) is 0 Å². The van der Waals surface area contributed by atoms with Crippen LogP contribution in [0.5, 0.6) is 0 Å². The van der Waals surface area contributed by atoms with Gasteiger partial charge in [0.15, 0.2) is 0 Å². The van der Waals surface area contributed by atoms with E-state index in [1.807, 2.05) is 7.05 Å². The highest BCUT2D eigenvalue weighted by molar-refractivity contribution is 4.80. The van der Waals surface area contributed by atoms with E-state index in [4.69, 9.17) is 0 Å². The van der Waals surface area contributed by atoms with E-state index in [1.54, 1.807) is 0 Å². The molecule has 0 aliphatic heterocycles. The van der Waals surface area contributed by atoms with Crippen LogP contribution >= 0.6 is 0 Å². The van der Waals surface area contributed by atoms with Crippen molar-refractivity contribution in [2.45, 2.75) is 33.2 Å². The van der Waals surface area contributed by atoms with Gasteiger partial charge in [0, 0.05) is 31.7 Å². The Morgan fingerprint density at radius 2 is 1.69 bits per heavy atom. The average molecular weight is 229 g/mol. The van der Waals surface area contributed by atoms with Crippen LogP contribution in [0.2, 0.25) is 0 Å². The summed E-state index contributed by atoms with van der Waals surface area (Å²) in [5, 5.41) is 3.38. The molecule has 0 aromatic heterocycles. The lowest BCUT2D eigenvalue weighted by Gasteiger charge is -2.34. The Morgan fingerprint density at radius 1 is 1.12 bits per heavy atom. The van der Waals surface area contributed by atoms with E-state index in [-0.39, 0.29) is 5.54 Å². The molecule has 0 aromatic rings. The summed E-state index contributed by atoms with van der Waals surface area (Å²) in [6.45, 7) is 13.7. The van der Waals surface area contributed by atoms with Crippen molar-refractivity contribution in [3.05, 3.63) is 0 Å². The largest absolute Gasteiger partial charge is 0.314 e. The van der Waals surface area contributed by atoms with Gasteiger partial charge in [-0.25, -0.2) is 0 Å². The predicted molar refractivity (Wildman–Crippen MR) is 73.0 cm³/mol. The summed E-state index contributed by atoms with van der Waals surface area (Å²) in [5.74, 6) is 0.731. The molecule has 0 aliphatic rings. The highest BCUT2D eigenvalue weighted by Gasteiger charge is 2.19. The predicted octanol–water partition coefficient (Wildman–Crippen LogP) is 1.50. The lowest BCUT2D eigenvalue weighted by molar-refractivity contribution is 0.173. The standard InChI is InChI=1S/C13H31N3/c1-12(2)10-16(9-8-15(6)7)11-13(3,4)14-5/h12,14H,8-11H2,1-7H3. The zero-order chi connectivity index (χ0) is 12.8. The monoisotopic (exact) mass is 229 g/mol. The van der Waals surface area contributed by atoms with Crippen LogP contribution in [-0.2, 0) is 0 Å². The first kappa shape index (κ1) is 15.9. The third kappa shape index (κ3) is 8.08. The van der Waals surface area contributed by atoms with E-state index >= 15 is 0 Å². The van der Waals surface area contributed by atoms with Crippen LogP contribution in [0, 0.1) is 5.92 Å². The topological polar surface area (TPSA) is 18.5 Å². The van der Waals surface area contributed by atoms with Gasteiger partial charge in [-0.3, -0.25) is 0 Å². The minimum Gasteiger partial charge on any atom is -0.314 e. The van der Waals surface area contributed by atoms with Gasteiger partial charge < -0.3 is 15.1 Å². The Labute approximate surface area is 102 Å². The molecule has 0 unspecified atom stereocenters. The van der Waals surface area contributed by atoms with Gasteiger partial charge >= 0.3 is 0 Å². The van der Waals surface area contributed by atoms with Crippen molar-refractivity contribution in [2.24, 2.45) is 5.92 Å². The summed E-state index contributed by atoms with van der Waals surface area (Å²) in [5.41, 5.74) is 0.196. The third-order valence-electron chi connectivity index (χ3n) is 2.78. The van der Waals surface area contributed by atoms with Crippen molar-refractivity contribution in [3.63, 3.8) is 0 Å². The number of nitrogens with one attached hydrogen (secondary N) is 1. The fourth-order valence-corrected chi connectivity index (χ4v) is 1.73. The van der Waals surface area contributed by atoms with Gasteiger partial charge in [0.25, 0.3) is 0 Å². The average Bonchev–Trinajstić information content (AvgIpc) is 2.13. The van der Waals surface area contributed by atoms with Gasteiger partial charge in [0.1, 0.15) is 0 Å². The number of likely N-dealkylation sites (N-methyl/N-ethyl adjacent to an activating group) is 2. The van der Waals surface area contributed by atoms with Gasteiger partial charge in [0.2, 0.25) is 0 Å². The summed E-state index contributed by atoms with van der Waals surface area (Å²) >= 11 is 0. The molecule has 3 heteroatoms. The molecule has 0 aromatic carbocycles. The number of hydrogen-bond donors (Lipinski definition) is 1. The van der Waals surface area contributed by atoms with E-state index in [9.17, 15) is 0 Å². The molecule has 0 fully saturated rings. The number of nitrogens with zero attached hydrogens (tertiary/aromatic N) is 2. The second-order valence-corrected chi connectivity index (χ2v) is 6.07. The molecule has 0 radical (unpaired) electrons. The first-order chi connectivity index (χ1) is 7.26. The first-order valence-electron chi connectivity index (χ1n) is 6.33. The molecular formula is C13H31N3. The maximum atomic E-state index is 3.38. The summed E-state index contributed by atoms with van der Waals surface area (Å²) in [6.07, 6.45) is 0. The quantitative estimate of drug-likeness (QED) is 0.680. The van der Waals surface area contributed by atoms with Crippen molar-refractivity contribution in [1.82, 2.24) is 15.1 Å². The van der Waals surface area contributed by atoms with Crippen LogP contribution in [0.3, 0.4) is 0 Å². The van der Waals surface area contributed by atoms with Crippen molar-refractivity contribution < 1.29 is 0 Å². The Balaban J connectivity index is 4.20. The molecule has 0 atom stereocenters. The lowest BCUT2D eigenvalue weighted by atomic mass is 10.0. The minimum atomic E-state index is 0.196. The zero-order valence-corrected chi connectivity index (χ0v) is 12.3. The highest BCUT2D eigenvalue weighted by atomic mass is 15.2. The molecule has 0 amide bonds. The summed E-state index contributed by atoms with van der Waals surface area (Å²) in [4.78, 5) is 4.81. The molecule has 0 rings (SSSR count). The molecular weight excluding hydrogens is 198 g/mol. The zero-order valence-electron chi connectivity index (χ0n) is 12.3.